The summed E-state index contributed by atoms with van der Waals surface area (Å²) < 4.78 is 5.55. The quantitative estimate of drug-likeness (QED) is 0.812. The monoisotopic (exact) mass is 323 g/mol. The number of rotatable bonds is 3. The van der Waals surface area contributed by atoms with Gasteiger partial charge in [-0.15, -0.1) is 0 Å². The van der Waals surface area contributed by atoms with Crippen LogP contribution in [0.4, 0.5) is 0 Å². The highest BCUT2D eigenvalue weighted by Crippen LogP contribution is 2.21. The molecule has 0 aromatic rings. The van der Waals surface area contributed by atoms with E-state index in [2.05, 4.69) is 33.0 Å². The van der Waals surface area contributed by atoms with E-state index in [1.807, 2.05) is 18.7 Å². The molecule has 0 spiro atoms. The number of nitrogens with one attached hydrogen (secondary N) is 1. The molecule has 0 aliphatic carbocycles. The molecule has 1 atom stereocenters. The number of hydrogen-bond donors (Lipinski definition) is 1. The minimum atomic E-state index is -0.325. The summed E-state index contributed by atoms with van der Waals surface area (Å²) in [6, 6.07) is 0. The van der Waals surface area contributed by atoms with Crippen molar-refractivity contribution in [1.82, 2.24) is 10.2 Å². The van der Waals surface area contributed by atoms with Gasteiger partial charge < -0.3 is 15.0 Å². The van der Waals surface area contributed by atoms with Gasteiger partial charge in [-0.05, 0) is 25.3 Å². The third kappa shape index (κ3) is 5.74. The van der Waals surface area contributed by atoms with E-state index < -0.39 is 0 Å². The summed E-state index contributed by atoms with van der Waals surface area (Å²) >= 11 is 0. The lowest BCUT2D eigenvalue weighted by Gasteiger charge is -2.33. The Bertz CT molecular complexity index is 449. The number of carbonyl (C=O) groups excluding carboxylic acids is 1. The molecule has 0 saturated carbocycles. The van der Waals surface area contributed by atoms with Crippen molar-refractivity contribution in [2.75, 3.05) is 32.8 Å². The average Bonchev–Trinajstić information content (AvgIpc) is 2.58. The topological polar surface area (TPSA) is 53.9 Å². The molecule has 2 aliphatic heterocycles. The Morgan fingerprint density at radius 2 is 2.09 bits per heavy atom. The first-order valence-electron chi connectivity index (χ1n) is 8.84. The van der Waals surface area contributed by atoms with Crippen molar-refractivity contribution in [3.8, 4) is 0 Å². The SMILES string of the molecule is CC.CC(=NC1=C(C)CN(C(=O)C2CNCCO2)CC1)C(C)C. The van der Waals surface area contributed by atoms with Gasteiger partial charge in [-0.25, -0.2) is 0 Å². The molecule has 2 heterocycles. The lowest BCUT2D eigenvalue weighted by Crippen LogP contribution is -2.50. The molecule has 1 unspecified atom stereocenters. The minimum Gasteiger partial charge on any atom is -0.366 e. The molecule has 1 fully saturated rings. The number of morpholine rings is 1. The number of hydrogen-bond acceptors (Lipinski definition) is 4. The first-order chi connectivity index (χ1) is 11.0. The molecule has 5 heteroatoms. The summed E-state index contributed by atoms with van der Waals surface area (Å²) in [5.74, 6) is 0.567. The van der Waals surface area contributed by atoms with E-state index in [0.717, 1.165) is 30.9 Å². The fourth-order valence-corrected chi connectivity index (χ4v) is 2.52. The Morgan fingerprint density at radius 3 is 2.61 bits per heavy atom. The largest absolute Gasteiger partial charge is 0.366 e. The normalized spacial score (nSPS) is 22.8. The number of ether oxygens (including phenoxy) is 1. The van der Waals surface area contributed by atoms with Crippen molar-refractivity contribution in [1.29, 1.82) is 0 Å². The fourth-order valence-electron chi connectivity index (χ4n) is 2.52. The van der Waals surface area contributed by atoms with Crippen LogP contribution in [0.2, 0.25) is 0 Å². The van der Waals surface area contributed by atoms with Crippen LogP contribution in [0.3, 0.4) is 0 Å². The predicted octanol–water partition coefficient (Wildman–Crippen LogP) is 2.62. The van der Waals surface area contributed by atoms with E-state index in [1.54, 1.807) is 0 Å². The fraction of sp³-hybridized carbons (Fsp3) is 0.778. The van der Waals surface area contributed by atoms with E-state index in [0.29, 0.717) is 25.6 Å². The average molecular weight is 323 g/mol. The smallest absolute Gasteiger partial charge is 0.253 e. The van der Waals surface area contributed by atoms with Crippen molar-refractivity contribution < 1.29 is 9.53 Å². The predicted molar refractivity (Wildman–Crippen MR) is 95.8 cm³/mol. The van der Waals surface area contributed by atoms with Crippen LogP contribution in [0.5, 0.6) is 0 Å². The summed E-state index contributed by atoms with van der Waals surface area (Å²) in [6.45, 7) is 15.9. The Balaban J connectivity index is 0.00000127. The lowest BCUT2D eigenvalue weighted by atomic mass is 10.1. The van der Waals surface area contributed by atoms with Gasteiger partial charge in [0.1, 0.15) is 6.10 Å². The number of nitrogens with zero attached hydrogens (tertiary/aromatic N) is 2. The van der Waals surface area contributed by atoms with Gasteiger partial charge in [0.05, 0.1) is 6.61 Å². The van der Waals surface area contributed by atoms with Gasteiger partial charge in [-0.3, -0.25) is 9.79 Å². The number of carbonyl (C=O) groups is 1. The van der Waals surface area contributed by atoms with Crippen LogP contribution in [-0.2, 0) is 9.53 Å². The second kappa shape index (κ2) is 9.83. The molecule has 0 aromatic heterocycles. The summed E-state index contributed by atoms with van der Waals surface area (Å²) in [5, 5.41) is 3.21. The van der Waals surface area contributed by atoms with Crippen LogP contribution in [0.15, 0.2) is 16.3 Å². The first-order valence-corrected chi connectivity index (χ1v) is 8.84. The second-order valence-corrected chi connectivity index (χ2v) is 6.21. The van der Waals surface area contributed by atoms with Gasteiger partial charge in [-0.1, -0.05) is 27.7 Å². The maximum absolute atomic E-state index is 12.4. The molecule has 5 nitrogen and oxygen atoms in total. The maximum atomic E-state index is 12.4. The van der Waals surface area contributed by atoms with Crippen LogP contribution in [0, 0.1) is 5.92 Å². The van der Waals surface area contributed by atoms with Crippen LogP contribution in [0.25, 0.3) is 0 Å². The van der Waals surface area contributed by atoms with Gasteiger partial charge in [-0.2, -0.15) is 0 Å². The van der Waals surface area contributed by atoms with E-state index >= 15 is 0 Å². The zero-order valence-corrected chi connectivity index (χ0v) is 15.6. The van der Waals surface area contributed by atoms with Gasteiger partial charge in [0.2, 0.25) is 0 Å². The summed E-state index contributed by atoms with van der Waals surface area (Å²) in [5.41, 5.74) is 3.50. The molecule has 0 aromatic carbocycles. The highest BCUT2D eigenvalue weighted by Gasteiger charge is 2.29. The Kier molecular flexibility index (Phi) is 8.48. The molecule has 0 bridgehead atoms. The van der Waals surface area contributed by atoms with Crippen molar-refractivity contribution in [3.63, 3.8) is 0 Å². The molecule has 2 aliphatic rings. The molecule has 1 N–H and O–H groups in total. The summed E-state index contributed by atoms with van der Waals surface area (Å²) in [6.07, 6.45) is 0.510. The maximum Gasteiger partial charge on any atom is 0.253 e. The van der Waals surface area contributed by atoms with Crippen LogP contribution in [-0.4, -0.2) is 55.4 Å². The van der Waals surface area contributed by atoms with E-state index in [9.17, 15) is 4.79 Å². The van der Waals surface area contributed by atoms with Gasteiger partial charge in [0, 0.05) is 44.0 Å². The van der Waals surface area contributed by atoms with Crippen molar-refractivity contribution in [2.45, 2.75) is 54.1 Å². The van der Waals surface area contributed by atoms with Crippen molar-refractivity contribution in [2.24, 2.45) is 10.9 Å². The minimum absolute atomic E-state index is 0.102. The van der Waals surface area contributed by atoms with Crippen LogP contribution < -0.4 is 5.32 Å². The molecule has 0 radical (unpaired) electrons. The Hall–Kier alpha value is -1.20. The molecular formula is C18H33N3O2. The second-order valence-electron chi connectivity index (χ2n) is 6.21. The molecule has 2 rings (SSSR count). The third-order valence-corrected chi connectivity index (χ3v) is 4.20. The molecule has 132 valence electrons. The highest BCUT2D eigenvalue weighted by molar-refractivity contribution is 5.85. The Morgan fingerprint density at radius 1 is 1.39 bits per heavy atom. The summed E-state index contributed by atoms with van der Waals surface area (Å²) in [4.78, 5) is 19.1. The van der Waals surface area contributed by atoms with Crippen LogP contribution >= 0.6 is 0 Å². The van der Waals surface area contributed by atoms with E-state index in [1.165, 1.54) is 5.57 Å². The highest BCUT2D eigenvalue weighted by atomic mass is 16.5. The summed E-state index contributed by atoms with van der Waals surface area (Å²) in [7, 11) is 0. The number of aliphatic imine (C=N–C) groups is 1. The third-order valence-electron chi connectivity index (χ3n) is 4.20. The zero-order valence-electron chi connectivity index (χ0n) is 15.6. The van der Waals surface area contributed by atoms with Crippen molar-refractivity contribution >= 4 is 11.6 Å². The van der Waals surface area contributed by atoms with Gasteiger partial charge >= 0.3 is 0 Å². The molecule has 1 saturated heterocycles. The standard InChI is InChI=1S/C16H27N3O2.C2H6/c1-11(2)13(4)18-14-5-7-19(10-12(14)3)16(20)15-9-17-6-8-21-15;1-2/h11,15,17H,5-10H2,1-4H3;1-2H3. The van der Waals surface area contributed by atoms with Gasteiger partial charge in [0.15, 0.2) is 0 Å². The van der Waals surface area contributed by atoms with E-state index in [4.69, 9.17) is 9.73 Å². The van der Waals surface area contributed by atoms with Crippen LogP contribution in [0.1, 0.15) is 48.0 Å². The zero-order chi connectivity index (χ0) is 17.4. The van der Waals surface area contributed by atoms with Gasteiger partial charge in [0.25, 0.3) is 5.91 Å². The Labute approximate surface area is 141 Å². The van der Waals surface area contributed by atoms with Crippen molar-refractivity contribution in [3.05, 3.63) is 11.3 Å². The lowest BCUT2D eigenvalue weighted by molar-refractivity contribution is -0.145. The molecule has 1 amide bonds. The number of amides is 1. The molecule has 23 heavy (non-hydrogen) atoms. The van der Waals surface area contributed by atoms with E-state index in [-0.39, 0.29) is 12.0 Å². The molecular weight excluding hydrogens is 290 g/mol. The first kappa shape index (κ1) is 19.8.